The van der Waals surface area contributed by atoms with Gasteiger partial charge < -0.3 is 16.4 Å². The fraction of sp³-hybridized carbons (Fsp3) is 0.500. The van der Waals surface area contributed by atoms with Gasteiger partial charge in [0.25, 0.3) is 0 Å². The Morgan fingerprint density at radius 3 is 2.50 bits per heavy atom. The first-order chi connectivity index (χ1) is 2.81. The lowest BCUT2D eigenvalue weighted by molar-refractivity contribution is -0.118. The van der Waals surface area contributed by atoms with Crippen LogP contribution in [0.15, 0.2) is 0 Å². The minimum atomic E-state index is -0.685. The fourth-order valence-electron chi connectivity index (χ4n) is 0.0417. The minimum absolute atomic E-state index is 0.233. The number of hydroxylamine groups is 1. The summed E-state index contributed by atoms with van der Waals surface area (Å²) in [4.78, 5) is 9.63. The first-order valence-electron chi connectivity index (χ1n) is 1.42. The van der Waals surface area contributed by atoms with Crippen LogP contribution in [0.3, 0.4) is 0 Å². The summed E-state index contributed by atoms with van der Waals surface area (Å²) >= 11 is 0. The number of nitrogens with two attached hydrogens (primary N) is 1. The SMILES string of the molecule is NCC(=O)N[O-]. The van der Waals surface area contributed by atoms with E-state index in [9.17, 15) is 10.0 Å². The molecule has 0 aromatic carbocycles. The Morgan fingerprint density at radius 1 is 2.00 bits per heavy atom. The molecule has 3 N–H and O–H groups in total. The van der Waals surface area contributed by atoms with Gasteiger partial charge in [-0.1, -0.05) is 0 Å². The van der Waals surface area contributed by atoms with Crippen LogP contribution >= 0.6 is 0 Å². The summed E-state index contributed by atoms with van der Waals surface area (Å²) in [5, 5.41) is 9.18. The molecule has 4 heteroatoms. The molecule has 0 rings (SSSR count). The van der Waals surface area contributed by atoms with Crippen molar-refractivity contribution in [3.05, 3.63) is 5.21 Å². The molecule has 0 bridgehead atoms. The van der Waals surface area contributed by atoms with Gasteiger partial charge in [-0.3, -0.25) is 4.79 Å². The predicted octanol–water partition coefficient (Wildman–Crippen LogP) is -1.44. The molecule has 0 fully saturated rings. The second-order valence-electron chi connectivity index (χ2n) is 0.729. The predicted molar refractivity (Wildman–Crippen MR) is 20.6 cm³/mol. The molecule has 36 valence electrons. The van der Waals surface area contributed by atoms with Crippen molar-refractivity contribution in [2.45, 2.75) is 0 Å². The van der Waals surface area contributed by atoms with Crippen LogP contribution in [0.2, 0.25) is 0 Å². The molecule has 0 saturated carbocycles. The highest BCUT2D eigenvalue weighted by atomic mass is 16.5. The first kappa shape index (κ1) is 5.39. The zero-order chi connectivity index (χ0) is 4.99. The van der Waals surface area contributed by atoms with Crippen molar-refractivity contribution in [1.82, 2.24) is 5.48 Å². The molecular weight excluding hydrogens is 84.0 g/mol. The molecule has 0 aliphatic carbocycles. The molecule has 0 aliphatic heterocycles. The normalized spacial score (nSPS) is 7.67. The van der Waals surface area contributed by atoms with Crippen LogP contribution in [0.4, 0.5) is 0 Å². The standard InChI is InChI=1S/C2H5N2O2/c3-1-2(5)4-6/h1,3H2,(H-,4,5,6)/q-1. The minimum Gasteiger partial charge on any atom is -0.759 e. The molecule has 6 heavy (non-hydrogen) atoms. The van der Waals surface area contributed by atoms with Gasteiger partial charge in [0.05, 0.1) is 6.54 Å². The van der Waals surface area contributed by atoms with Crippen LogP contribution in [0.25, 0.3) is 0 Å². The lowest BCUT2D eigenvalue weighted by Gasteiger charge is -2.01. The lowest BCUT2D eigenvalue weighted by Crippen LogP contribution is -2.24. The number of carbonyl (C=O) groups excluding carboxylic acids is 1. The van der Waals surface area contributed by atoms with Crippen molar-refractivity contribution in [3.63, 3.8) is 0 Å². The second kappa shape index (κ2) is 2.62. The Bertz CT molecular complexity index is 47.5. The molecule has 0 unspecified atom stereocenters. The highest BCUT2D eigenvalue weighted by Crippen LogP contribution is 1.48. The second-order valence-corrected chi connectivity index (χ2v) is 0.729. The molecular formula is C2H5N2O2-. The van der Waals surface area contributed by atoms with E-state index in [1.165, 1.54) is 0 Å². The van der Waals surface area contributed by atoms with Crippen LogP contribution < -0.4 is 11.2 Å². The maximum absolute atomic E-state index is 9.63. The molecule has 0 aromatic heterocycles. The maximum atomic E-state index is 9.63. The number of hydrogen-bond acceptors (Lipinski definition) is 3. The number of hydrogen-bond donors (Lipinski definition) is 2. The van der Waals surface area contributed by atoms with E-state index in [1.54, 1.807) is 0 Å². The van der Waals surface area contributed by atoms with Crippen LogP contribution in [-0.4, -0.2) is 12.5 Å². The number of amides is 1. The molecule has 0 atom stereocenters. The van der Waals surface area contributed by atoms with Crippen molar-refractivity contribution in [1.29, 1.82) is 0 Å². The van der Waals surface area contributed by atoms with E-state index in [-0.39, 0.29) is 6.54 Å². The number of rotatable bonds is 1. The first-order valence-corrected chi connectivity index (χ1v) is 1.42. The summed E-state index contributed by atoms with van der Waals surface area (Å²) in [7, 11) is 0. The van der Waals surface area contributed by atoms with E-state index >= 15 is 0 Å². The van der Waals surface area contributed by atoms with Crippen LogP contribution in [0.5, 0.6) is 0 Å². The average molecular weight is 89.1 g/mol. The van der Waals surface area contributed by atoms with Crippen LogP contribution in [0.1, 0.15) is 0 Å². The molecule has 0 heterocycles. The van der Waals surface area contributed by atoms with Gasteiger partial charge in [-0.25, -0.2) is 0 Å². The summed E-state index contributed by atoms with van der Waals surface area (Å²) in [5.74, 6) is -0.685. The third-order valence-corrected chi connectivity index (χ3v) is 0.299. The van der Waals surface area contributed by atoms with Crippen molar-refractivity contribution < 1.29 is 4.79 Å². The van der Waals surface area contributed by atoms with Crippen molar-refractivity contribution >= 4 is 5.91 Å². The fourth-order valence-corrected chi connectivity index (χ4v) is 0.0417. The molecule has 0 aliphatic rings. The van der Waals surface area contributed by atoms with Gasteiger partial charge in [-0.15, -0.1) is 0 Å². The van der Waals surface area contributed by atoms with Gasteiger partial charge in [0, 0.05) is 0 Å². The van der Waals surface area contributed by atoms with Crippen molar-refractivity contribution in [3.8, 4) is 0 Å². The van der Waals surface area contributed by atoms with Gasteiger partial charge in [-0.05, 0) is 0 Å². The monoisotopic (exact) mass is 89.0 g/mol. The summed E-state index contributed by atoms with van der Waals surface area (Å²) in [6.45, 7) is -0.233. The van der Waals surface area contributed by atoms with Gasteiger partial charge in [0.2, 0.25) is 5.91 Å². The number of carbonyl (C=O) groups is 1. The molecule has 0 radical (unpaired) electrons. The van der Waals surface area contributed by atoms with E-state index in [0.717, 1.165) is 5.48 Å². The zero-order valence-electron chi connectivity index (χ0n) is 3.10. The van der Waals surface area contributed by atoms with E-state index < -0.39 is 5.91 Å². The zero-order valence-corrected chi connectivity index (χ0v) is 3.10. The molecule has 0 spiro atoms. The van der Waals surface area contributed by atoms with Crippen LogP contribution in [0, 0.1) is 5.21 Å². The number of nitrogens with one attached hydrogen (secondary N) is 1. The van der Waals surface area contributed by atoms with Crippen molar-refractivity contribution in [2.24, 2.45) is 5.73 Å². The summed E-state index contributed by atoms with van der Waals surface area (Å²) in [5.41, 5.74) is 5.77. The maximum Gasteiger partial charge on any atom is 0.223 e. The molecule has 0 aromatic rings. The highest BCUT2D eigenvalue weighted by Gasteiger charge is 1.80. The van der Waals surface area contributed by atoms with E-state index in [2.05, 4.69) is 5.73 Å². The third-order valence-electron chi connectivity index (χ3n) is 0.299. The van der Waals surface area contributed by atoms with Crippen LogP contribution in [-0.2, 0) is 4.79 Å². The summed E-state index contributed by atoms with van der Waals surface area (Å²) < 4.78 is 0. The Hall–Kier alpha value is -0.610. The van der Waals surface area contributed by atoms with Crippen molar-refractivity contribution in [2.75, 3.05) is 6.54 Å². The Kier molecular flexibility index (Phi) is 2.35. The molecule has 0 saturated heterocycles. The van der Waals surface area contributed by atoms with Gasteiger partial charge in [0.1, 0.15) is 0 Å². The third kappa shape index (κ3) is 1.68. The Morgan fingerprint density at radius 2 is 2.50 bits per heavy atom. The Labute approximate surface area is 34.9 Å². The topological polar surface area (TPSA) is 78.2 Å². The quantitative estimate of drug-likeness (QED) is 0.386. The van der Waals surface area contributed by atoms with Gasteiger partial charge >= 0.3 is 0 Å². The van der Waals surface area contributed by atoms with E-state index in [4.69, 9.17) is 0 Å². The Balaban J connectivity index is 2.99. The smallest absolute Gasteiger partial charge is 0.223 e. The van der Waals surface area contributed by atoms with Gasteiger partial charge in [-0.2, -0.15) is 0 Å². The van der Waals surface area contributed by atoms with E-state index in [0.29, 0.717) is 0 Å². The van der Waals surface area contributed by atoms with Gasteiger partial charge in [0.15, 0.2) is 0 Å². The summed E-state index contributed by atoms with van der Waals surface area (Å²) in [6, 6.07) is 0. The average Bonchev–Trinajstić information content (AvgIpc) is 1.65. The van der Waals surface area contributed by atoms with E-state index in [1.807, 2.05) is 0 Å². The molecule has 1 amide bonds. The summed E-state index contributed by atoms with van der Waals surface area (Å²) in [6.07, 6.45) is 0. The molecule has 4 nitrogen and oxygen atoms in total. The lowest BCUT2D eigenvalue weighted by atomic mass is 10.7. The largest absolute Gasteiger partial charge is 0.759 e. The highest BCUT2D eigenvalue weighted by molar-refractivity contribution is 5.77.